The van der Waals surface area contributed by atoms with Crippen LogP contribution < -0.4 is 16.4 Å². The number of aromatic nitrogens is 2. The lowest BCUT2D eigenvalue weighted by Crippen LogP contribution is -2.19. The maximum absolute atomic E-state index is 12.8. The Morgan fingerprint density at radius 2 is 1.81 bits per heavy atom. The van der Waals surface area contributed by atoms with Crippen molar-refractivity contribution in [3.8, 4) is 0 Å². The Hall–Kier alpha value is -3.26. The first kappa shape index (κ1) is 21.0. The van der Waals surface area contributed by atoms with E-state index in [1.807, 2.05) is 19.9 Å². The summed E-state index contributed by atoms with van der Waals surface area (Å²) in [6.45, 7) is 6.02. The monoisotopic (exact) mass is 435 g/mol. The van der Waals surface area contributed by atoms with Gasteiger partial charge in [-0.1, -0.05) is 6.92 Å². The number of anilines is 3. The Morgan fingerprint density at radius 3 is 2.45 bits per heavy atom. The molecule has 1 atom stereocenters. The Bertz CT molecular complexity index is 1130. The van der Waals surface area contributed by atoms with Crippen LogP contribution in [0.4, 0.5) is 16.6 Å². The average Bonchev–Trinajstić information content (AvgIpc) is 3.04. The molecule has 3 aromatic rings. The van der Waals surface area contributed by atoms with E-state index >= 15 is 0 Å². The maximum atomic E-state index is 12.8. The van der Waals surface area contributed by atoms with Gasteiger partial charge < -0.3 is 16.4 Å². The highest BCUT2D eigenvalue weighted by atomic mass is 32.1. The van der Waals surface area contributed by atoms with Gasteiger partial charge in [0.15, 0.2) is 0 Å². The molecule has 2 heterocycles. The number of hydrogen-bond donors (Lipinski definition) is 3. The third-order valence-electron chi connectivity index (χ3n) is 5.37. The van der Waals surface area contributed by atoms with Gasteiger partial charge in [-0.2, -0.15) is 0 Å². The molecule has 0 radical (unpaired) electrons. The van der Waals surface area contributed by atoms with E-state index in [0.717, 1.165) is 46.8 Å². The maximum Gasteiger partial charge on any atom is 0.256 e. The molecule has 7 nitrogen and oxygen atoms in total. The van der Waals surface area contributed by atoms with Gasteiger partial charge >= 0.3 is 0 Å². The second-order valence-corrected chi connectivity index (χ2v) is 9.16. The van der Waals surface area contributed by atoms with Gasteiger partial charge in [0, 0.05) is 27.5 Å². The van der Waals surface area contributed by atoms with Crippen LogP contribution in [0.5, 0.6) is 0 Å². The number of amides is 2. The lowest BCUT2D eigenvalue weighted by atomic mass is 9.88. The summed E-state index contributed by atoms with van der Waals surface area (Å²) in [6, 6.07) is 8.94. The Morgan fingerprint density at radius 1 is 1.13 bits per heavy atom. The number of hydrogen-bond acceptors (Lipinski definition) is 6. The van der Waals surface area contributed by atoms with Gasteiger partial charge in [0.1, 0.15) is 5.00 Å². The molecule has 1 aromatic carbocycles. The topological polar surface area (TPSA) is 110 Å². The minimum absolute atomic E-state index is 0.275. The molecule has 0 saturated carbocycles. The number of thiophene rings is 1. The summed E-state index contributed by atoms with van der Waals surface area (Å²) < 4.78 is 0. The van der Waals surface area contributed by atoms with Crippen LogP contribution in [0, 0.1) is 19.8 Å². The lowest BCUT2D eigenvalue weighted by Gasteiger charge is -2.18. The molecule has 0 fully saturated rings. The zero-order chi connectivity index (χ0) is 22.1. The average molecular weight is 436 g/mol. The Balaban J connectivity index is 1.51. The molecule has 8 heteroatoms. The van der Waals surface area contributed by atoms with Crippen molar-refractivity contribution in [1.82, 2.24) is 9.97 Å². The van der Waals surface area contributed by atoms with Crippen LogP contribution in [0.25, 0.3) is 0 Å². The number of rotatable bonds is 5. The first-order valence-electron chi connectivity index (χ1n) is 10.2. The molecule has 2 amide bonds. The van der Waals surface area contributed by atoms with Crippen molar-refractivity contribution in [3.63, 3.8) is 0 Å². The molecule has 0 bridgehead atoms. The van der Waals surface area contributed by atoms with Crippen LogP contribution >= 0.6 is 11.3 Å². The van der Waals surface area contributed by atoms with E-state index < -0.39 is 5.91 Å². The highest BCUT2D eigenvalue weighted by Crippen LogP contribution is 2.39. The third-order valence-corrected chi connectivity index (χ3v) is 6.54. The predicted molar refractivity (Wildman–Crippen MR) is 123 cm³/mol. The molecule has 160 valence electrons. The van der Waals surface area contributed by atoms with Crippen LogP contribution in [0.15, 0.2) is 30.3 Å². The number of nitrogens with one attached hydrogen (secondary N) is 2. The fourth-order valence-corrected chi connectivity index (χ4v) is 5.30. The number of carbonyl (C=O) groups is 2. The summed E-state index contributed by atoms with van der Waals surface area (Å²) in [5, 5.41) is 6.59. The SMILES string of the molecule is Cc1cc(C)nc(Nc2ccc(C(=O)Nc3sc4c(c3C(N)=O)CCC(C)C4)cc2)n1. The Kier molecular flexibility index (Phi) is 5.73. The first-order chi connectivity index (χ1) is 14.8. The molecule has 4 rings (SSSR count). The van der Waals surface area contributed by atoms with Crippen molar-refractivity contribution in [3.05, 3.63) is 63.3 Å². The van der Waals surface area contributed by atoms with Crippen molar-refractivity contribution < 1.29 is 9.59 Å². The van der Waals surface area contributed by atoms with Crippen molar-refractivity contribution in [2.75, 3.05) is 10.6 Å². The molecule has 0 spiro atoms. The number of benzene rings is 1. The summed E-state index contributed by atoms with van der Waals surface area (Å²) >= 11 is 1.46. The second kappa shape index (κ2) is 8.47. The van der Waals surface area contributed by atoms with Crippen LogP contribution in [-0.4, -0.2) is 21.8 Å². The predicted octanol–water partition coefficient (Wildman–Crippen LogP) is 4.37. The second-order valence-electron chi connectivity index (χ2n) is 8.05. The number of fused-ring (bicyclic) bond motifs is 1. The van der Waals surface area contributed by atoms with Crippen LogP contribution in [0.3, 0.4) is 0 Å². The number of nitrogens with two attached hydrogens (primary N) is 1. The van der Waals surface area contributed by atoms with Gasteiger partial charge in [-0.3, -0.25) is 9.59 Å². The van der Waals surface area contributed by atoms with Gasteiger partial charge in [0.2, 0.25) is 5.95 Å². The molecule has 1 aliphatic carbocycles. The third kappa shape index (κ3) is 4.59. The van der Waals surface area contributed by atoms with E-state index in [1.54, 1.807) is 24.3 Å². The quantitative estimate of drug-likeness (QED) is 0.551. The number of carbonyl (C=O) groups excluding carboxylic acids is 2. The van der Waals surface area contributed by atoms with E-state index in [9.17, 15) is 9.59 Å². The van der Waals surface area contributed by atoms with Gasteiger partial charge in [-0.05, 0) is 74.9 Å². The number of primary amides is 1. The standard InChI is InChI=1S/C23H25N5O2S/c1-12-4-9-17-18(10-12)31-22(19(17)20(24)29)28-21(30)15-5-7-16(8-6-15)27-23-25-13(2)11-14(3)26-23/h5-8,11-12H,4,9-10H2,1-3H3,(H2,24,29)(H,28,30)(H,25,26,27). The Labute approximate surface area is 185 Å². The van der Waals surface area contributed by atoms with Gasteiger partial charge in [0.25, 0.3) is 11.8 Å². The first-order valence-corrected chi connectivity index (χ1v) is 11.1. The number of aryl methyl sites for hydroxylation is 2. The fraction of sp³-hybridized carbons (Fsp3) is 0.304. The number of nitrogens with zero attached hydrogens (tertiary/aromatic N) is 2. The summed E-state index contributed by atoms with van der Waals surface area (Å²) in [5.74, 6) is 0.314. The minimum Gasteiger partial charge on any atom is -0.365 e. The molecule has 0 saturated heterocycles. The summed E-state index contributed by atoms with van der Waals surface area (Å²) in [5.41, 5.74) is 10.1. The van der Waals surface area contributed by atoms with E-state index in [4.69, 9.17) is 5.73 Å². The molecule has 2 aromatic heterocycles. The summed E-state index contributed by atoms with van der Waals surface area (Å²) in [4.78, 5) is 34.8. The van der Waals surface area contributed by atoms with Gasteiger partial charge in [0.05, 0.1) is 5.56 Å². The zero-order valence-electron chi connectivity index (χ0n) is 17.8. The van der Waals surface area contributed by atoms with Gasteiger partial charge in [-0.15, -0.1) is 11.3 Å². The van der Waals surface area contributed by atoms with E-state index in [-0.39, 0.29) is 5.91 Å². The summed E-state index contributed by atoms with van der Waals surface area (Å²) in [7, 11) is 0. The minimum atomic E-state index is -0.490. The van der Waals surface area contributed by atoms with Crippen molar-refractivity contribution in [2.24, 2.45) is 11.7 Å². The van der Waals surface area contributed by atoms with Crippen LogP contribution in [0.2, 0.25) is 0 Å². The van der Waals surface area contributed by atoms with Gasteiger partial charge in [-0.25, -0.2) is 9.97 Å². The van der Waals surface area contributed by atoms with E-state index in [1.165, 1.54) is 11.3 Å². The molecule has 1 unspecified atom stereocenters. The largest absolute Gasteiger partial charge is 0.365 e. The summed E-state index contributed by atoms with van der Waals surface area (Å²) in [6.07, 6.45) is 2.76. The van der Waals surface area contributed by atoms with Crippen LogP contribution in [0.1, 0.15) is 55.9 Å². The fourth-order valence-electron chi connectivity index (χ4n) is 3.89. The van der Waals surface area contributed by atoms with E-state index in [2.05, 4.69) is 27.5 Å². The van der Waals surface area contributed by atoms with Crippen molar-refractivity contribution in [1.29, 1.82) is 0 Å². The van der Waals surface area contributed by atoms with Crippen molar-refractivity contribution in [2.45, 2.75) is 40.0 Å². The van der Waals surface area contributed by atoms with Crippen molar-refractivity contribution >= 4 is 39.8 Å². The normalized spacial score (nSPS) is 15.3. The highest BCUT2D eigenvalue weighted by Gasteiger charge is 2.27. The zero-order valence-corrected chi connectivity index (χ0v) is 18.6. The molecular formula is C23H25N5O2S. The molecule has 0 aliphatic heterocycles. The molecule has 1 aliphatic rings. The van der Waals surface area contributed by atoms with E-state index in [0.29, 0.717) is 28.0 Å². The van der Waals surface area contributed by atoms with Crippen LogP contribution in [-0.2, 0) is 12.8 Å². The smallest absolute Gasteiger partial charge is 0.256 e. The highest BCUT2D eigenvalue weighted by molar-refractivity contribution is 7.17. The molecular weight excluding hydrogens is 410 g/mol. The lowest BCUT2D eigenvalue weighted by molar-refractivity contribution is 0.1000. The molecule has 4 N–H and O–H groups in total. The molecule has 31 heavy (non-hydrogen) atoms.